The van der Waals surface area contributed by atoms with Crippen LogP contribution < -0.4 is 14.8 Å². The highest BCUT2D eigenvalue weighted by molar-refractivity contribution is 5.64. The number of hydrogen-bond donors (Lipinski definition) is 1. The van der Waals surface area contributed by atoms with Gasteiger partial charge in [0.15, 0.2) is 23.0 Å². The van der Waals surface area contributed by atoms with E-state index in [1.54, 1.807) is 14.2 Å². The Bertz CT molecular complexity index is 871. The van der Waals surface area contributed by atoms with Crippen molar-refractivity contribution in [2.75, 3.05) is 27.3 Å². The standard InChI is InChI=1S/C17H19N5O2/c1-23-14-5-3-11(9-15(14)24-2)13-4-6-16-19-20-17(22(16)21-13)12-7-8-18-10-12/h3-6,9,12,18H,7-8,10H2,1-2H3/t12-/m0/s1. The fourth-order valence-corrected chi connectivity index (χ4v) is 3.08. The van der Waals surface area contributed by atoms with Crippen molar-refractivity contribution in [3.05, 3.63) is 36.2 Å². The summed E-state index contributed by atoms with van der Waals surface area (Å²) in [4.78, 5) is 0. The first-order valence-electron chi connectivity index (χ1n) is 7.95. The van der Waals surface area contributed by atoms with Gasteiger partial charge < -0.3 is 14.8 Å². The van der Waals surface area contributed by atoms with Crippen molar-refractivity contribution in [1.82, 2.24) is 25.1 Å². The third-order valence-electron chi connectivity index (χ3n) is 4.39. The predicted octanol–water partition coefficient (Wildman–Crippen LogP) is 1.89. The summed E-state index contributed by atoms with van der Waals surface area (Å²) in [7, 11) is 3.25. The second-order valence-electron chi connectivity index (χ2n) is 5.81. The van der Waals surface area contributed by atoms with Crippen LogP contribution in [0.4, 0.5) is 0 Å². The molecule has 1 saturated heterocycles. The Balaban J connectivity index is 1.78. The molecule has 4 rings (SSSR count). The van der Waals surface area contributed by atoms with Gasteiger partial charge in [-0.1, -0.05) is 0 Å². The largest absolute Gasteiger partial charge is 0.493 e. The lowest BCUT2D eigenvalue weighted by Crippen LogP contribution is -2.11. The van der Waals surface area contributed by atoms with Gasteiger partial charge in [0.25, 0.3) is 0 Å². The summed E-state index contributed by atoms with van der Waals surface area (Å²) in [6, 6.07) is 9.67. The minimum absolute atomic E-state index is 0.355. The topological polar surface area (TPSA) is 73.6 Å². The predicted molar refractivity (Wildman–Crippen MR) is 89.5 cm³/mol. The van der Waals surface area contributed by atoms with E-state index in [0.717, 1.165) is 42.2 Å². The van der Waals surface area contributed by atoms with Crippen LogP contribution in [0, 0.1) is 0 Å². The highest BCUT2D eigenvalue weighted by atomic mass is 16.5. The Hall–Kier alpha value is -2.67. The van der Waals surface area contributed by atoms with Gasteiger partial charge in [0.05, 0.1) is 19.9 Å². The minimum Gasteiger partial charge on any atom is -0.493 e. The number of hydrogen-bond acceptors (Lipinski definition) is 6. The first-order chi connectivity index (χ1) is 11.8. The maximum absolute atomic E-state index is 5.38. The van der Waals surface area contributed by atoms with Crippen molar-refractivity contribution < 1.29 is 9.47 Å². The Morgan fingerprint density at radius 2 is 1.96 bits per heavy atom. The molecule has 1 N–H and O–H groups in total. The summed E-state index contributed by atoms with van der Waals surface area (Å²) >= 11 is 0. The van der Waals surface area contributed by atoms with Crippen molar-refractivity contribution >= 4 is 5.65 Å². The number of aromatic nitrogens is 4. The van der Waals surface area contributed by atoms with E-state index in [1.807, 2.05) is 34.8 Å². The normalized spacial score (nSPS) is 17.3. The van der Waals surface area contributed by atoms with E-state index in [0.29, 0.717) is 17.4 Å². The average Bonchev–Trinajstić information content (AvgIpc) is 3.29. The zero-order chi connectivity index (χ0) is 16.5. The molecule has 0 aliphatic carbocycles. The molecule has 7 nitrogen and oxygen atoms in total. The molecule has 0 unspecified atom stereocenters. The van der Waals surface area contributed by atoms with Crippen molar-refractivity contribution in [1.29, 1.82) is 0 Å². The summed E-state index contributed by atoms with van der Waals surface area (Å²) in [5.74, 6) is 2.65. The van der Waals surface area contributed by atoms with Crippen LogP contribution in [0.25, 0.3) is 16.9 Å². The third kappa shape index (κ3) is 2.46. The molecule has 0 spiro atoms. The highest BCUT2D eigenvalue weighted by Crippen LogP contribution is 2.31. The molecule has 1 aliphatic heterocycles. The van der Waals surface area contributed by atoms with E-state index in [4.69, 9.17) is 14.6 Å². The Morgan fingerprint density at radius 3 is 2.71 bits per heavy atom. The van der Waals surface area contributed by atoms with Crippen LogP contribution in [0.2, 0.25) is 0 Å². The van der Waals surface area contributed by atoms with Gasteiger partial charge in [-0.15, -0.1) is 10.2 Å². The van der Waals surface area contributed by atoms with Crippen LogP contribution in [0.1, 0.15) is 18.2 Å². The molecule has 3 aromatic rings. The number of benzene rings is 1. The molecule has 0 bridgehead atoms. The summed E-state index contributed by atoms with van der Waals surface area (Å²) in [6.07, 6.45) is 1.06. The maximum atomic E-state index is 5.38. The van der Waals surface area contributed by atoms with Gasteiger partial charge in [-0.05, 0) is 43.3 Å². The zero-order valence-electron chi connectivity index (χ0n) is 13.7. The van der Waals surface area contributed by atoms with Crippen molar-refractivity contribution in [3.63, 3.8) is 0 Å². The van der Waals surface area contributed by atoms with Gasteiger partial charge in [0, 0.05) is 18.0 Å². The molecule has 2 aromatic heterocycles. The molecule has 1 fully saturated rings. The summed E-state index contributed by atoms with van der Waals surface area (Å²) in [5.41, 5.74) is 2.57. The van der Waals surface area contributed by atoms with E-state index in [-0.39, 0.29) is 0 Å². The molecule has 0 saturated carbocycles. The smallest absolute Gasteiger partial charge is 0.177 e. The van der Waals surface area contributed by atoms with Crippen molar-refractivity contribution in [3.8, 4) is 22.8 Å². The molecule has 124 valence electrons. The number of nitrogens with zero attached hydrogens (tertiary/aromatic N) is 4. The average molecular weight is 325 g/mol. The Labute approximate surface area is 139 Å². The van der Waals surface area contributed by atoms with Crippen LogP contribution in [0.15, 0.2) is 30.3 Å². The first kappa shape index (κ1) is 14.9. The van der Waals surface area contributed by atoms with Crippen molar-refractivity contribution in [2.24, 2.45) is 0 Å². The van der Waals surface area contributed by atoms with Gasteiger partial charge in [0.1, 0.15) is 0 Å². The molecule has 1 atom stereocenters. The minimum atomic E-state index is 0.355. The monoisotopic (exact) mass is 325 g/mol. The van der Waals surface area contributed by atoms with Gasteiger partial charge in [-0.2, -0.15) is 9.61 Å². The molecular formula is C17H19N5O2. The second-order valence-corrected chi connectivity index (χ2v) is 5.81. The van der Waals surface area contributed by atoms with Gasteiger partial charge in [-0.25, -0.2) is 0 Å². The number of ether oxygens (including phenoxy) is 2. The van der Waals surface area contributed by atoms with E-state index >= 15 is 0 Å². The Morgan fingerprint density at radius 1 is 1.08 bits per heavy atom. The number of methoxy groups -OCH3 is 2. The van der Waals surface area contributed by atoms with E-state index < -0.39 is 0 Å². The lowest BCUT2D eigenvalue weighted by Gasteiger charge is -2.10. The SMILES string of the molecule is COc1ccc(-c2ccc3nnc([C@H]4CCNC4)n3n2)cc1OC. The molecule has 7 heteroatoms. The first-order valence-corrected chi connectivity index (χ1v) is 7.95. The quantitative estimate of drug-likeness (QED) is 0.789. The molecule has 24 heavy (non-hydrogen) atoms. The molecule has 0 amide bonds. The highest BCUT2D eigenvalue weighted by Gasteiger charge is 2.22. The fourth-order valence-electron chi connectivity index (χ4n) is 3.08. The lowest BCUT2D eigenvalue weighted by molar-refractivity contribution is 0.355. The van der Waals surface area contributed by atoms with E-state index in [9.17, 15) is 0 Å². The Kier molecular flexibility index (Phi) is 3.78. The molecular weight excluding hydrogens is 306 g/mol. The van der Waals surface area contributed by atoms with Gasteiger partial charge >= 0.3 is 0 Å². The fraction of sp³-hybridized carbons (Fsp3) is 0.353. The molecule has 1 aromatic carbocycles. The lowest BCUT2D eigenvalue weighted by atomic mass is 10.1. The van der Waals surface area contributed by atoms with Crippen LogP contribution in [0.3, 0.4) is 0 Å². The molecule has 1 aliphatic rings. The van der Waals surface area contributed by atoms with Crippen LogP contribution in [0.5, 0.6) is 11.5 Å². The van der Waals surface area contributed by atoms with Crippen LogP contribution >= 0.6 is 0 Å². The van der Waals surface area contributed by atoms with Crippen LogP contribution in [-0.4, -0.2) is 47.1 Å². The van der Waals surface area contributed by atoms with E-state index in [2.05, 4.69) is 15.5 Å². The summed E-state index contributed by atoms with van der Waals surface area (Å²) in [5, 5.41) is 16.7. The number of nitrogens with one attached hydrogen (secondary N) is 1. The maximum Gasteiger partial charge on any atom is 0.177 e. The molecule has 0 radical (unpaired) electrons. The van der Waals surface area contributed by atoms with Gasteiger partial charge in [-0.3, -0.25) is 0 Å². The van der Waals surface area contributed by atoms with Crippen LogP contribution in [-0.2, 0) is 0 Å². The third-order valence-corrected chi connectivity index (χ3v) is 4.39. The van der Waals surface area contributed by atoms with Crippen molar-refractivity contribution in [2.45, 2.75) is 12.3 Å². The summed E-state index contributed by atoms with van der Waals surface area (Å²) in [6.45, 7) is 1.93. The zero-order valence-corrected chi connectivity index (χ0v) is 13.7. The molecule has 3 heterocycles. The number of fused-ring (bicyclic) bond motifs is 1. The number of rotatable bonds is 4. The second kappa shape index (κ2) is 6.09. The summed E-state index contributed by atoms with van der Waals surface area (Å²) < 4.78 is 12.5. The van der Waals surface area contributed by atoms with E-state index in [1.165, 1.54) is 0 Å². The van der Waals surface area contributed by atoms with Gasteiger partial charge in [0.2, 0.25) is 0 Å².